The Hall–Kier alpha value is -0.560. The lowest BCUT2D eigenvalue weighted by Crippen LogP contribution is -2.30. The standard InChI is InChI=1S/C13H19Cl3N4O/c14-13(15,16)12(21)20-11-3-1-2-10(8-11)9-19-7-6-18-5-4-17/h1-3,8,18-19H,4-7,9,17H2,(H,20,21). The monoisotopic (exact) mass is 352 g/mol. The minimum atomic E-state index is -1.97. The van der Waals surface area contributed by atoms with E-state index in [0.717, 1.165) is 25.2 Å². The molecule has 0 spiro atoms. The van der Waals surface area contributed by atoms with Crippen LogP contribution in [0.25, 0.3) is 0 Å². The average molecular weight is 354 g/mol. The van der Waals surface area contributed by atoms with E-state index in [9.17, 15) is 4.79 Å². The Bertz CT molecular complexity index is 451. The fourth-order valence-electron chi connectivity index (χ4n) is 1.60. The third kappa shape index (κ3) is 7.85. The topological polar surface area (TPSA) is 79.2 Å². The third-order valence-electron chi connectivity index (χ3n) is 2.57. The zero-order valence-corrected chi connectivity index (χ0v) is 13.7. The smallest absolute Gasteiger partial charge is 0.276 e. The summed E-state index contributed by atoms with van der Waals surface area (Å²) in [5, 5.41) is 9.02. The number of rotatable bonds is 8. The number of carbonyl (C=O) groups excluding carboxylic acids is 1. The van der Waals surface area contributed by atoms with E-state index < -0.39 is 9.70 Å². The lowest BCUT2D eigenvalue weighted by atomic mass is 10.2. The zero-order valence-electron chi connectivity index (χ0n) is 11.5. The van der Waals surface area contributed by atoms with E-state index in [1.54, 1.807) is 6.07 Å². The zero-order chi connectivity index (χ0) is 15.7. The van der Waals surface area contributed by atoms with Crippen LogP contribution in [0.2, 0.25) is 0 Å². The highest BCUT2D eigenvalue weighted by Crippen LogP contribution is 2.27. The summed E-state index contributed by atoms with van der Waals surface area (Å²) in [5.74, 6) is -0.677. The normalized spacial score (nSPS) is 11.4. The van der Waals surface area contributed by atoms with Gasteiger partial charge in [0.1, 0.15) is 0 Å². The van der Waals surface area contributed by atoms with Gasteiger partial charge in [0.15, 0.2) is 0 Å². The predicted octanol–water partition coefficient (Wildman–Crippen LogP) is 1.63. The molecule has 0 aliphatic rings. The number of benzene rings is 1. The second-order valence-corrected chi connectivity index (χ2v) is 6.65. The Labute approximate surface area is 139 Å². The molecule has 0 saturated heterocycles. The van der Waals surface area contributed by atoms with Crippen LogP contribution in [0.5, 0.6) is 0 Å². The maximum Gasteiger partial charge on any atom is 0.276 e. The van der Waals surface area contributed by atoms with Gasteiger partial charge in [-0.2, -0.15) is 0 Å². The van der Waals surface area contributed by atoms with Crippen LogP contribution in [0, 0.1) is 0 Å². The first-order chi connectivity index (χ1) is 9.93. The molecule has 0 aliphatic heterocycles. The maximum absolute atomic E-state index is 11.6. The summed E-state index contributed by atoms with van der Waals surface area (Å²) >= 11 is 16.5. The molecule has 0 saturated carbocycles. The third-order valence-corrected chi connectivity index (χ3v) is 3.09. The lowest BCUT2D eigenvalue weighted by molar-refractivity contribution is -0.115. The van der Waals surface area contributed by atoms with Gasteiger partial charge in [0.25, 0.3) is 9.70 Å². The number of nitrogens with one attached hydrogen (secondary N) is 3. The second-order valence-electron chi connectivity index (χ2n) is 4.37. The van der Waals surface area contributed by atoms with Crippen molar-refractivity contribution >= 4 is 46.4 Å². The van der Waals surface area contributed by atoms with Gasteiger partial charge in [-0.3, -0.25) is 4.79 Å². The summed E-state index contributed by atoms with van der Waals surface area (Å²) in [5.41, 5.74) is 6.99. The fraction of sp³-hybridized carbons (Fsp3) is 0.462. The Morgan fingerprint density at radius 2 is 1.86 bits per heavy atom. The molecular weight excluding hydrogens is 335 g/mol. The van der Waals surface area contributed by atoms with Crippen molar-refractivity contribution in [3.8, 4) is 0 Å². The van der Waals surface area contributed by atoms with Crippen LogP contribution in [0.1, 0.15) is 5.56 Å². The molecular formula is C13H19Cl3N4O. The van der Waals surface area contributed by atoms with Crippen molar-refractivity contribution in [3.63, 3.8) is 0 Å². The molecule has 1 rings (SSSR count). The fourth-order valence-corrected chi connectivity index (χ4v) is 1.74. The van der Waals surface area contributed by atoms with Crippen LogP contribution < -0.4 is 21.7 Å². The van der Waals surface area contributed by atoms with Gasteiger partial charge in [0.05, 0.1) is 0 Å². The van der Waals surface area contributed by atoms with Crippen molar-refractivity contribution in [2.75, 3.05) is 31.5 Å². The SMILES string of the molecule is NCCNCCNCc1cccc(NC(=O)C(Cl)(Cl)Cl)c1. The van der Waals surface area contributed by atoms with Crippen molar-refractivity contribution < 1.29 is 4.79 Å². The maximum atomic E-state index is 11.6. The first kappa shape index (κ1) is 18.5. The number of hydrogen-bond donors (Lipinski definition) is 4. The summed E-state index contributed by atoms with van der Waals surface area (Å²) < 4.78 is -1.97. The van der Waals surface area contributed by atoms with E-state index in [1.807, 2.05) is 18.2 Å². The molecule has 118 valence electrons. The van der Waals surface area contributed by atoms with E-state index >= 15 is 0 Å². The number of halogens is 3. The van der Waals surface area contributed by atoms with Crippen molar-refractivity contribution in [2.24, 2.45) is 5.73 Å². The van der Waals surface area contributed by atoms with Gasteiger partial charge in [-0.15, -0.1) is 0 Å². The van der Waals surface area contributed by atoms with Gasteiger partial charge in [-0.1, -0.05) is 46.9 Å². The summed E-state index contributed by atoms with van der Waals surface area (Å²) in [6.07, 6.45) is 0. The number of amides is 1. The molecule has 1 amide bonds. The van der Waals surface area contributed by atoms with E-state index in [-0.39, 0.29) is 0 Å². The highest BCUT2D eigenvalue weighted by Gasteiger charge is 2.30. The molecule has 0 radical (unpaired) electrons. The Kier molecular flexibility index (Phi) is 8.33. The first-order valence-corrected chi connectivity index (χ1v) is 7.65. The molecule has 5 N–H and O–H groups in total. The number of alkyl halides is 3. The van der Waals surface area contributed by atoms with Crippen LogP contribution >= 0.6 is 34.8 Å². The molecule has 0 bridgehead atoms. The van der Waals surface area contributed by atoms with Crippen molar-refractivity contribution in [1.29, 1.82) is 0 Å². The lowest BCUT2D eigenvalue weighted by Gasteiger charge is -2.12. The van der Waals surface area contributed by atoms with Gasteiger partial charge in [0.2, 0.25) is 0 Å². The summed E-state index contributed by atoms with van der Waals surface area (Å²) in [4.78, 5) is 11.6. The van der Waals surface area contributed by atoms with E-state index in [4.69, 9.17) is 40.5 Å². The predicted molar refractivity (Wildman–Crippen MR) is 89.0 cm³/mol. The summed E-state index contributed by atoms with van der Waals surface area (Å²) in [7, 11) is 0. The quantitative estimate of drug-likeness (QED) is 0.423. The molecule has 0 unspecified atom stereocenters. The highest BCUT2D eigenvalue weighted by atomic mass is 35.6. The minimum Gasteiger partial charge on any atom is -0.329 e. The number of anilines is 1. The molecule has 5 nitrogen and oxygen atoms in total. The minimum absolute atomic E-state index is 0.590. The molecule has 1 aromatic rings. The second kappa shape index (κ2) is 9.46. The van der Waals surface area contributed by atoms with Crippen molar-refractivity contribution in [2.45, 2.75) is 10.3 Å². The van der Waals surface area contributed by atoms with Crippen LogP contribution in [0.4, 0.5) is 5.69 Å². The molecule has 0 heterocycles. The van der Waals surface area contributed by atoms with Crippen molar-refractivity contribution in [3.05, 3.63) is 29.8 Å². The Morgan fingerprint density at radius 3 is 2.52 bits per heavy atom. The van der Waals surface area contributed by atoms with Crippen LogP contribution in [0.15, 0.2) is 24.3 Å². The molecule has 0 fully saturated rings. The van der Waals surface area contributed by atoms with Gasteiger partial charge in [-0.25, -0.2) is 0 Å². The number of nitrogens with two attached hydrogens (primary N) is 1. The molecule has 0 aliphatic carbocycles. The van der Waals surface area contributed by atoms with Crippen LogP contribution in [-0.2, 0) is 11.3 Å². The molecule has 8 heteroatoms. The average Bonchev–Trinajstić information content (AvgIpc) is 2.42. The highest BCUT2D eigenvalue weighted by molar-refractivity contribution is 6.76. The Balaban J connectivity index is 2.40. The van der Waals surface area contributed by atoms with Crippen molar-refractivity contribution in [1.82, 2.24) is 10.6 Å². The van der Waals surface area contributed by atoms with Crippen LogP contribution in [0.3, 0.4) is 0 Å². The molecule has 21 heavy (non-hydrogen) atoms. The van der Waals surface area contributed by atoms with Gasteiger partial charge >= 0.3 is 0 Å². The van der Waals surface area contributed by atoms with Gasteiger partial charge in [-0.05, 0) is 17.7 Å². The molecule has 1 aromatic carbocycles. The number of carbonyl (C=O) groups is 1. The van der Waals surface area contributed by atoms with Gasteiger partial charge in [0, 0.05) is 38.4 Å². The largest absolute Gasteiger partial charge is 0.329 e. The number of hydrogen-bond acceptors (Lipinski definition) is 4. The summed E-state index contributed by atoms with van der Waals surface area (Å²) in [6.45, 7) is 3.79. The molecule has 0 aromatic heterocycles. The van der Waals surface area contributed by atoms with E-state index in [0.29, 0.717) is 18.8 Å². The van der Waals surface area contributed by atoms with E-state index in [1.165, 1.54) is 0 Å². The van der Waals surface area contributed by atoms with Crippen LogP contribution in [-0.4, -0.2) is 35.9 Å². The summed E-state index contributed by atoms with van der Waals surface area (Å²) in [6, 6.07) is 7.35. The van der Waals surface area contributed by atoms with E-state index in [2.05, 4.69) is 16.0 Å². The molecule has 0 atom stereocenters. The Morgan fingerprint density at radius 1 is 1.14 bits per heavy atom. The first-order valence-electron chi connectivity index (χ1n) is 6.52. The van der Waals surface area contributed by atoms with Gasteiger partial charge < -0.3 is 21.7 Å².